The van der Waals surface area contributed by atoms with Crippen LogP contribution in [-0.4, -0.2) is 12.6 Å². The van der Waals surface area contributed by atoms with Gasteiger partial charge in [0.1, 0.15) is 0 Å². The fraction of sp³-hybridized carbons (Fsp3) is 0.850. The Labute approximate surface area is 138 Å². The molecular formula is C20H38O2. The molecule has 130 valence electrons. The van der Waals surface area contributed by atoms with Crippen molar-refractivity contribution < 1.29 is 9.53 Å². The number of carbonyl (C=O) groups is 1. The van der Waals surface area contributed by atoms with Crippen LogP contribution in [0.15, 0.2) is 12.2 Å². The monoisotopic (exact) mass is 310 g/mol. The third-order valence-electron chi connectivity index (χ3n) is 4.08. The number of unbranched alkanes of at least 4 members (excludes halogenated alkanes) is 7. The molecule has 0 N–H and O–H groups in total. The molecule has 22 heavy (non-hydrogen) atoms. The van der Waals surface area contributed by atoms with Crippen LogP contribution in [0.2, 0.25) is 0 Å². The van der Waals surface area contributed by atoms with Crippen LogP contribution in [0.5, 0.6) is 0 Å². The molecule has 0 aliphatic carbocycles. The highest BCUT2D eigenvalue weighted by Gasteiger charge is 2.17. The number of carbonyl (C=O) groups excluding carboxylic acids is 1. The standard InChI is InChI=1S/C20H38O2/c1-4-7-8-9-10-11-12-13-14-15-16-18-19(17-5-2)20(21)22-6-3/h14-15,19H,4-13,16-18H2,1-3H3/b15-14+. The van der Waals surface area contributed by atoms with Crippen LogP contribution >= 0.6 is 0 Å². The Kier molecular flexibility index (Phi) is 16.0. The highest BCUT2D eigenvalue weighted by Crippen LogP contribution is 2.16. The molecule has 2 heteroatoms. The molecule has 0 aromatic heterocycles. The predicted molar refractivity (Wildman–Crippen MR) is 96.0 cm³/mol. The van der Waals surface area contributed by atoms with Crippen molar-refractivity contribution in [1.82, 2.24) is 0 Å². The molecule has 0 spiro atoms. The summed E-state index contributed by atoms with van der Waals surface area (Å²) in [5.74, 6) is 0.0815. The molecule has 2 nitrogen and oxygen atoms in total. The van der Waals surface area contributed by atoms with E-state index >= 15 is 0 Å². The first-order valence-corrected chi connectivity index (χ1v) is 9.57. The van der Waals surface area contributed by atoms with Crippen molar-refractivity contribution >= 4 is 5.97 Å². The molecule has 0 radical (unpaired) electrons. The van der Waals surface area contributed by atoms with Gasteiger partial charge in [-0.1, -0.05) is 70.9 Å². The molecular weight excluding hydrogens is 272 g/mol. The maximum absolute atomic E-state index is 11.8. The lowest BCUT2D eigenvalue weighted by Crippen LogP contribution is -2.17. The van der Waals surface area contributed by atoms with Crippen molar-refractivity contribution in [2.45, 2.75) is 97.8 Å². The van der Waals surface area contributed by atoms with Crippen molar-refractivity contribution in [2.24, 2.45) is 5.92 Å². The Bertz CT molecular complexity index is 271. The normalized spacial score (nSPS) is 12.7. The summed E-state index contributed by atoms with van der Waals surface area (Å²) in [4.78, 5) is 11.8. The van der Waals surface area contributed by atoms with Gasteiger partial charge in [0.15, 0.2) is 0 Å². The molecule has 1 atom stereocenters. The fourth-order valence-corrected chi connectivity index (χ4v) is 2.74. The van der Waals surface area contributed by atoms with E-state index in [0.717, 1.165) is 25.7 Å². The Morgan fingerprint density at radius 1 is 0.818 bits per heavy atom. The quantitative estimate of drug-likeness (QED) is 0.197. The highest BCUT2D eigenvalue weighted by molar-refractivity contribution is 5.72. The first kappa shape index (κ1) is 21.2. The van der Waals surface area contributed by atoms with E-state index in [0.29, 0.717) is 6.61 Å². The topological polar surface area (TPSA) is 26.3 Å². The summed E-state index contributed by atoms with van der Waals surface area (Å²) in [7, 11) is 0. The Morgan fingerprint density at radius 3 is 2.09 bits per heavy atom. The first-order chi connectivity index (χ1) is 10.8. The second-order valence-corrected chi connectivity index (χ2v) is 6.20. The molecule has 0 aromatic carbocycles. The first-order valence-electron chi connectivity index (χ1n) is 9.57. The summed E-state index contributed by atoms with van der Waals surface area (Å²) in [5.41, 5.74) is 0. The summed E-state index contributed by atoms with van der Waals surface area (Å²) >= 11 is 0. The fourth-order valence-electron chi connectivity index (χ4n) is 2.74. The zero-order chi connectivity index (χ0) is 16.5. The van der Waals surface area contributed by atoms with E-state index in [1.165, 1.54) is 51.4 Å². The Morgan fingerprint density at radius 2 is 1.45 bits per heavy atom. The molecule has 0 aliphatic rings. The number of rotatable bonds is 15. The van der Waals surface area contributed by atoms with Crippen LogP contribution in [0.1, 0.15) is 97.8 Å². The second-order valence-electron chi connectivity index (χ2n) is 6.20. The minimum Gasteiger partial charge on any atom is -0.466 e. The third kappa shape index (κ3) is 12.9. The molecule has 0 aromatic rings. The van der Waals surface area contributed by atoms with Gasteiger partial charge in [0.2, 0.25) is 0 Å². The van der Waals surface area contributed by atoms with Crippen LogP contribution in [0.3, 0.4) is 0 Å². The summed E-state index contributed by atoms with van der Waals surface area (Å²) in [6.45, 7) is 6.76. The number of hydrogen-bond acceptors (Lipinski definition) is 2. The SMILES string of the molecule is CCCCCCCCC/C=C/CCC(CCC)C(=O)OCC. The zero-order valence-electron chi connectivity index (χ0n) is 15.2. The number of allylic oxidation sites excluding steroid dienone is 2. The van der Waals surface area contributed by atoms with E-state index in [-0.39, 0.29) is 11.9 Å². The van der Waals surface area contributed by atoms with Crippen molar-refractivity contribution in [1.29, 1.82) is 0 Å². The zero-order valence-corrected chi connectivity index (χ0v) is 15.2. The summed E-state index contributed by atoms with van der Waals surface area (Å²) in [6, 6.07) is 0. The molecule has 0 saturated heterocycles. The van der Waals surface area contributed by atoms with Crippen molar-refractivity contribution in [2.75, 3.05) is 6.61 Å². The highest BCUT2D eigenvalue weighted by atomic mass is 16.5. The van der Waals surface area contributed by atoms with E-state index in [1.54, 1.807) is 0 Å². The largest absolute Gasteiger partial charge is 0.466 e. The third-order valence-corrected chi connectivity index (χ3v) is 4.08. The smallest absolute Gasteiger partial charge is 0.308 e. The maximum Gasteiger partial charge on any atom is 0.308 e. The van der Waals surface area contributed by atoms with Gasteiger partial charge in [0, 0.05) is 0 Å². The van der Waals surface area contributed by atoms with Gasteiger partial charge >= 0.3 is 5.97 Å². The Hall–Kier alpha value is -0.790. The molecule has 1 unspecified atom stereocenters. The van der Waals surface area contributed by atoms with Gasteiger partial charge in [-0.25, -0.2) is 0 Å². The Balaban J connectivity index is 3.59. The molecule has 0 fully saturated rings. The van der Waals surface area contributed by atoms with Crippen LogP contribution < -0.4 is 0 Å². The predicted octanol–water partition coefficient (Wildman–Crippen LogP) is 6.44. The minimum atomic E-state index is -0.00942. The number of ether oxygens (including phenoxy) is 1. The van der Waals surface area contributed by atoms with E-state index in [2.05, 4.69) is 26.0 Å². The second kappa shape index (κ2) is 16.6. The van der Waals surface area contributed by atoms with E-state index in [4.69, 9.17) is 4.74 Å². The number of esters is 1. The lowest BCUT2D eigenvalue weighted by molar-refractivity contribution is -0.148. The number of hydrogen-bond donors (Lipinski definition) is 0. The van der Waals surface area contributed by atoms with Crippen LogP contribution in [0.4, 0.5) is 0 Å². The summed E-state index contributed by atoms with van der Waals surface area (Å²) < 4.78 is 5.14. The van der Waals surface area contributed by atoms with E-state index < -0.39 is 0 Å². The van der Waals surface area contributed by atoms with Crippen LogP contribution in [0, 0.1) is 5.92 Å². The maximum atomic E-state index is 11.8. The van der Waals surface area contributed by atoms with Gasteiger partial charge in [-0.3, -0.25) is 4.79 Å². The lowest BCUT2D eigenvalue weighted by atomic mass is 9.98. The average molecular weight is 311 g/mol. The van der Waals surface area contributed by atoms with Crippen molar-refractivity contribution in [3.05, 3.63) is 12.2 Å². The van der Waals surface area contributed by atoms with Gasteiger partial charge in [0.25, 0.3) is 0 Å². The van der Waals surface area contributed by atoms with Crippen molar-refractivity contribution in [3.63, 3.8) is 0 Å². The summed E-state index contributed by atoms with van der Waals surface area (Å²) in [6.07, 6.45) is 19.2. The van der Waals surface area contributed by atoms with Gasteiger partial charge in [0.05, 0.1) is 12.5 Å². The van der Waals surface area contributed by atoms with Crippen LogP contribution in [0.25, 0.3) is 0 Å². The van der Waals surface area contributed by atoms with Crippen LogP contribution in [-0.2, 0) is 9.53 Å². The van der Waals surface area contributed by atoms with Gasteiger partial charge < -0.3 is 4.74 Å². The molecule has 0 aliphatic heterocycles. The molecule has 0 bridgehead atoms. The van der Waals surface area contributed by atoms with Gasteiger partial charge in [-0.2, -0.15) is 0 Å². The average Bonchev–Trinajstić information content (AvgIpc) is 2.51. The molecule has 0 saturated carbocycles. The molecule has 0 heterocycles. The lowest BCUT2D eigenvalue weighted by Gasteiger charge is -2.13. The minimum absolute atomic E-state index is 0.00942. The van der Waals surface area contributed by atoms with E-state index in [9.17, 15) is 4.79 Å². The summed E-state index contributed by atoms with van der Waals surface area (Å²) in [5, 5.41) is 0. The molecule has 0 amide bonds. The van der Waals surface area contributed by atoms with Gasteiger partial charge in [-0.15, -0.1) is 0 Å². The molecule has 0 rings (SSSR count). The van der Waals surface area contributed by atoms with E-state index in [1.807, 2.05) is 6.92 Å². The van der Waals surface area contributed by atoms with Gasteiger partial charge in [-0.05, 0) is 39.0 Å². The van der Waals surface area contributed by atoms with Crippen molar-refractivity contribution in [3.8, 4) is 0 Å².